The van der Waals surface area contributed by atoms with Gasteiger partial charge in [-0.25, -0.2) is 0 Å². The molecule has 0 aliphatic carbocycles. The molecule has 0 saturated heterocycles. The summed E-state index contributed by atoms with van der Waals surface area (Å²) in [7, 11) is 1.56. The van der Waals surface area contributed by atoms with Crippen molar-refractivity contribution in [3.63, 3.8) is 0 Å². The molecule has 1 aromatic carbocycles. The van der Waals surface area contributed by atoms with E-state index in [0.717, 1.165) is 11.1 Å². The van der Waals surface area contributed by atoms with Crippen LogP contribution in [0.4, 0.5) is 5.69 Å². The van der Waals surface area contributed by atoms with E-state index in [4.69, 9.17) is 10.5 Å². The SMILES string of the molecule is COc1c(N)cc(C(C)(C)C)cc1CO. The molecule has 0 aliphatic heterocycles. The highest BCUT2D eigenvalue weighted by Gasteiger charge is 2.17. The number of nitrogen functional groups attached to an aromatic ring is 1. The molecule has 3 N–H and O–H groups in total. The van der Waals surface area contributed by atoms with Crippen LogP contribution in [0.2, 0.25) is 0 Å². The summed E-state index contributed by atoms with van der Waals surface area (Å²) in [4.78, 5) is 0. The van der Waals surface area contributed by atoms with Crippen molar-refractivity contribution < 1.29 is 9.84 Å². The Kier molecular flexibility index (Phi) is 3.25. The maximum absolute atomic E-state index is 9.23. The van der Waals surface area contributed by atoms with Crippen molar-refractivity contribution in [2.45, 2.75) is 32.8 Å². The number of ether oxygens (including phenoxy) is 1. The molecule has 1 aromatic rings. The van der Waals surface area contributed by atoms with Crippen LogP contribution in [-0.4, -0.2) is 12.2 Å². The highest BCUT2D eigenvalue weighted by atomic mass is 16.5. The minimum absolute atomic E-state index is 0.0182. The van der Waals surface area contributed by atoms with E-state index in [2.05, 4.69) is 20.8 Å². The largest absolute Gasteiger partial charge is 0.494 e. The Bertz CT molecular complexity index is 353. The van der Waals surface area contributed by atoms with Gasteiger partial charge < -0.3 is 15.6 Å². The number of hydrogen-bond acceptors (Lipinski definition) is 3. The highest BCUT2D eigenvalue weighted by molar-refractivity contribution is 5.59. The second-order valence-corrected chi connectivity index (χ2v) is 4.67. The maximum atomic E-state index is 9.23. The summed E-state index contributed by atoms with van der Waals surface area (Å²) in [6.45, 7) is 6.26. The molecule has 84 valence electrons. The van der Waals surface area contributed by atoms with Crippen molar-refractivity contribution in [2.24, 2.45) is 0 Å². The lowest BCUT2D eigenvalue weighted by Crippen LogP contribution is -2.13. The molecular weight excluding hydrogens is 190 g/mol. The molecule has 1 rings (SSSR count). The second-order valence-electron chi connectivity index (χ2n) is 4.67. The molecule has 0 bridgehead atoms. The van der Waals surface area contributed by atoms with E-state index >= 15 is 0 Å². The molecule has 0 atom stereocenters. The fourth-order valence-corrected chi connectivity index (χ4v) is 1.51. The fraction of sp³-hybridized carbons (Fsp3) is 0.500. The van der Waals surface area contributed by atoms with Gasteiger partial charge >= 0.3 is 0 Å². The Hall–Kier alpha value is -1.22. The van der Waals surface area contributed by atoms with Crippen LogP contribution in [-0.2, 0) is 12.0 Å². The van der Waals surface area contributed by atoms with E-state index in [1.807, 2.05) is 12.1 Å². The molecule has 3 nitrogen and oxygen atoms in total. The van der Waals surface area contributed by atoms with Gasteiger partial charge in [-0.2, -0.15) is 0 Å². The minimum Gasteiger partial charge on any atom is -0.494 e. The molecule has 0 heterocycles. The van der Waals surface area contributed by atoms with E-state index in [1.165, 1.54) is 0 Å². The Balaban J connectivity index is 3.32. The first-order valence-corrected chi connectivity index (χ1v) is 4.98. The monoisotopic (exact) mass is 209 g/mol. The Labute approximate surface area is 90.9 Å². The van der Waals surface area contributed by atoms with Crippen LogP contribution in [0, 0.1) is 0 Å². The molecule has 0 fully saturated rings. The quantitative estimate of drug-likeness (QED) is 0.733. The first-order chi connectivity index (χ1) is 6.90. The van der Waals surface area contributed by atoms with Gasteiger partial charge in [0.1, 0.15) is 5.75 Å². The standard InChI is InChI=1S/C12H19NO2/c1-12(2,3)9-5-8(7-14)11(15-4)10(13)6-9/h5-6,14H,7,13H2,1-4H3. The van der Waals surface area contributed by atoms with Crippen molar-refractivity contribution in [1.82, 2.24) is 0 Å². The lowest BCUT2D eigenvalue weighted by molar-refractivity contribution is 0.273. The van der Waals surface area contributed by atoms with Crippen molar-refractivity contribution in [3.05, 3.63) is 23.3 Å². The van der Waals surface area contributed by atoms with Crippen molar-refractivity contribution >= 4 is 5.69 Å². The second kappa shape index (κ2) is 4.11. The molecule has 0 radical (unpaired) electrons. The van der Waals surface area contributed by atoms with Crippen molar-refractivity contribution in [3.8, 4) is 5.75 Å². The zero-order chi connectivity index (χ0) is 11.6. The van der Waals surface area contributed by atoms with E-state index in [-0.39, 0.29) is 12.0 Å². The first kappa shape index (κ1) is 11.9. The number of benzene rings is 1. The third kappa shape index (κ3) is 2.42. The van der Waals surface area contributed by atoms with Crippen LogP contribution in [0.5, 0.6) is 5.75 Å². The Morgan fingerprint density at radius 1 is 1.33 bits per heavy atom. The van der Waals surface area contributed by atoms with Crippen molar-refractivity contribution in [2.75, 3.05) is 12.8 Å². The molecular formula is C12H19NO2. The summed E-state index contributed by atoms with van der Waals surface area (Å²) < 4.78 is 5.15. The minimum atomic E-state index is -0.0582. The number of hydrogen-bond donors (Lipinski definition) is 2. The van der Waals surface area contributed by atoms with Gasteiger partial charge in [0, 0.05) is 5.56 Å². The fourth-order valence-electron chi connectivity index (χ4n) is 1.51. The first-order valence-electron chi connectivity index (χ1n) is 4.98. The smallest absolute Gasteiger partial charge is 0.147 e. The predicted molar refractivity (Wildman–Crippen MR) is 62.0 cm³/mol. The molecule has 0 aromatic heterocycles. The molecule has 0 unspecified atom stereocenters. The highest BCUT2D eigenvalue weighted by Crippen LogP contribution is 2.33. The van der Waals surface area contributed by atoms with Crippen LogP contribution >= 0.6 is 0 Å². The van der Waals surface area contributed by atoms with Gasteiger partial charge in [0.15, 0.2) is 0 Å². The summed E-state index contributed by atoms with van der Waals surface area (Å²) in [5, 5.41) is 9.23. The zero-order valence-electron chi connectivity index (χ0n) is 9.79. The topological polar surface area (TPSA) is 55.5 Å². The molecule has 0 aliphatic rings. The van der Waals surface area contributed by atoms with Gasteiger partial charge in [0.05, 0.1) is 19.4 Å². The number of anilines is 1. The van der Waals surface area contributed by atoms with Crippen LogP contribution in [0.25, 0.3) is 0 Å². The molecule has 15 heavy (non-hydrogen) atoms. The van der Waals surface area contributed by atoms with Gasteiger partial charge in [0.2, 0.25) is 0 Å². The molecule has 3 heteroatoms. The Morgan fingerprint density at radius 3 is 2.33 bits per heavy atom. The number of aliphatic hydroxyl groups excluding tert-OH is 1. The van der Waals surface area contributed by atoms with Gasteiger partial charge in [-0.15, -0.1) is 0 Å². The third-order valence-corrected chi connectivity index (χ3v) is 2.44. The molecule has 0 spiro atoms. The lowest BCUT2D eigenvalue weighted by atomic mass is 9.85. The average molecular weight is 209 g/mol. The lowest BCUT2D eigenvalue weighted by Gasteiger charge is -2.22. The van der Waals surface area contributed by atoms with Crippen LogP contribution in [0.1, 0.15) is 31.9 Å². The third-order valence-electron chi connectivity index (χ3n) is 2.44. The van der Waals surface area contributed by atoms with Gasteiger partial charge in [-0.3, -0.25) is 0 Å². The van der Waals surface area contributed by atoms with Gasteiger partial charge in [-0.1, -0.05) is 20.8 Å². The number of rotatable bonds is 2. The summed E-state index contributed by atoms with van der Waals surface area (Å²) in [5.74, 6) is 0.575. The van der Waals surface area contributed by atoms with Crippen molar-refractivity contribution in [1.29, 1.82) is 0 Å². The summed E-state index contributed by atoms with van der Waals surface area (Å²) in [5.41, 5.74) is 8.30. The average Bonchev–Trinajstić information content (AvgIpc) is 2.15. The zero-order valence-corrected chi connectivity index (χ0v) is 9.79. The maximum Gasteiger partial charge on any atom is 0.147 e. The molecule has 0 amide bonds. The van der Waals surface area contributed by atoms with Gasteiger partial charge in [0.25, 0.3) is 0 Å². The number of methoxy groups -OCH3 is 1. The predicted octanol–water partition coefficient (Wildman–Crippen LogP) is 2.07. The Morgan fingerprint density at radius 2 is 1.93 bits per heavy atom. The van der Waals surface area contributed by atoms with E-state index in [0.29, 0.717) is 11.4 Å². The van der Waals surface area contributed by atoms with Gasteiger partial charge in [-0.05, 0) is 23.1 Å². The van der Waals surface area contributed by atoms with Crippen LogP contribution in [0.3, 0.4) is 0 Å². The van der Waals surface area contributed by atoms with Crippen LogP contribution in [0.15, 0.2) is 12.1 Å². The summed E-state index contributed by atoms with van der Waals surface area (Å²) in [6.07, 6.45) is 0. The van der Waals surface area contributed by atoms with Crippen LogP contribution < -0.4 is 10.5 Å². The van der Waals surface area contributed by atoms with E-state index in [9.17, 15) is 5.11 Å². The normalized spacial score (nSPS) is 11.5. The van der Waals surface area contributed by atoms with E-state index < -0.39 is 0 Å². The number of nitrogens with two attached hydrogens (primary N) is 1. The van der Waals surface area contributed by atoms with E-state index in [1.54, 1.807) is 7.11 Å². The summed E-state index contributed by atoms with van der Waals surface area (Å²) >= 11 is 0. The number of aliphatic hydroxyl groups is 1. The summed E-state index contributed by atoms with van der Waals surface area (Å²) in [6, 6.07) is 3.84. The molecule has 0 saturated carbocycles.